The van der Waals surface area contributed by atoms with Gasteiger partial charge in [0.25, 0.3) is 17.7 Å². The topological polar surface area (TPSA) is 90.9 Å². The Bertz CT molecular complexity index is 1430. The number of benzene rings is 3. The molecule has 0 saturated heterocycles. The summed E-state index contributed by atoms with van der Waals surface area (Å²) >= 11 is 0. The molecule has 2 N–H and O–H groups in total. The summed E-state index contributed by atoms with van der Waals surface area (Å²) in [6.45, 7) is 7.30. The summed E-state index contributed by atoms with van der Waals surface area (Å²) in [7, 11) is 0. The molecule has 182 valence electrons. The van der Waals surface area contributed by atoms with Crippen LogP contribution in [0.5, 0.6) is 0 Å². The molecule has 0 aromatic heterocycles. The molecule has 0 bridgehead atoms. The van der Waals surface area contributed by atoms with Crippen LogP contribution >= 0.6 is 0 Å². The molecule has 0 spiro atoms. The van der Waals surface area contributed by atoms with E-state index in [0.717, 1.165) is 27.9 Å². The van der Waals surface area contributed by atoms with Crippen LogP contribution in [-0.2, 0) is 19.8 Å². The quantitative estimate of drug-likeness (QED) is 0.580. The SMILES string of the molecule is CC1C(=O)N(NC(=O)[C@H](C)NC(=O)C2=Nc3ccccc3C2(C)C)c2ccccc2-c2ccccc21. The van der Waals surface area contributed by atoms with E-state index in [1.54, 1.807) is 13.0 Å². The molecule has 0 saturated carbocycles. The molecule has 1 unspecified atom stereocenters. The molecule has 3 aromatic rings. The number of anilines is 1. The van der Waals surface area contributed by atoms with Gasteiger partial charge < -0.3 is 5.32 Å². The lowest BCUT2D eigenvalue weighted by atomic mass is 9.81. The average Bonchev–Trinajstić information content (AvgIpc) is 3.12. The summed E-state index contributed by atoms with van der Waals surface area (Å²) in [6, 6.07) is 21.9. The molecular formula is C29H28N4O3. The minimum atomic E-state index is -0.902. The van der Waals surface area contributed by atoms with Gasteiger partial charge in [-0.05, 0) is 56.5 Å². The Morgan fingerprint density at radius 1 is 0.944 bits per heavy atom. The van der Waals surface area contributed by atoms with Gasteiger partial charge in [0.2, 0.25) is 0 Å². The van der Waals surface area contributed by atoms with Crippen LogP contribution in [0.4, 0.5) is 11.4 Å². The van der Waals surface area contributed by atoms with Crippen molar-refractivity contribution < 1.29 is 14.4 Å². The molecular weight excluding hydrogens is 452 g/mol. The normalized spacial score (nSPS) is 18.2. The average molecular weight is 481 g/mol. The highest BCUT2D eigenvalue weighted by molar-refractivity contribution is 6.44. The van der Waals surface area contributed by atoms with Gasteiger partial charge in [-0.2, -0.15) is 0 Å². The van der Waals surface area contributed by atoms with E-state index in [9.17, 15) is 14.4 Å². The molecule has 3 amide bonds. The number of nitrogens with zero attached hydrogens (tertiary/aromatic N) is 2. The number of hydrazine groups is 1. The van der Waals surface area contributed by atoms with Crippen molar-refractivity contribution in [2.24, 2.45) is 4.99 Å². The third-order valence-corrected chi connectivity index (χ3v) is 7.03. The molecule has 7 heteroatoms. The Morgan fingerprint density at radius 2 is 1.58 bits per heavy atom. The van der Waals surface area contributed by atoms with E-state index in [-0.39, 0.29) is 5.91 Å². The lowest BCUT2D eigenvalue weighted by Gasteiger charge is -2.27. The van der Waals surface area contributed by atoms with E-state index in [2.05, 4.69) is 15.7 Å². The first-order chi connectivity index (χ1) is 17.2. The van der Waals surface area contributed by atoms with Crippen molar-refractivity contribution in [1.29, 1.82) is 0 Å². The minimum Gasteiger partial charge on any atom is -0.339 e. The maximum Gasteiger partial charge on any atom is 0.267 e. The lowest BCUT2D eigenvalue weighted by molar-refractivity contribution is -0.129. The highest BCUT2D eigenvalue weighted by Crippen LogP contribution is 2.41. The number of para-hydroxylation sites is 2. The fourth-order valence-electron chi connectivity index (χ4n) is 4.94. The van der Waals surface area contributed by atoms with Crippen LogP contribution in [0.15, 0.2) is 77.8 Å². The third kappa shape index (κ3) is 3.77. The van der Waals surface area contributed by atoms with Gasteiger partial charge in [0.1, 0.15) is 11.8 Å². The maximum absolute atomic E-state index is 13.5. The molecule has 2 aliphatic rings. The fourth-order valence-corrected chi connectivity index (χ4v) is 4.94. The molecule has 0 radical (unpaired) electrons. The first-order valence-corrected chi connectivity index (χ1v) is 12.0. The fraction of sp³-hybridized carbons (Fsp3) is 0.241. The van der Waals surface area contributed by atoms with Crippen molar-refractivity contribution in [3.8, 4) is 11.1 Å². The van der Waals surface area contributed by atoms with Crippen molar-refractivity contribution in [2.45, 2.75) is 45.1 Å². The zero-order chi connectivity index (χ0) is 25.6. The molecule has 0 aliphatic carbocycles. The number of carbonyl (C=O) groups excluding carboxylic acids is 3. The number of carbonyl (C=O) groups is 3. The number of aliphatic imine (C=N–C) groups is 1. The molecule has 0 fully saturated rings. The zero-order valence-electron chi connectivity index (χ0n) is 20.7. The number of hydrogen-bond acceptors (Lipinski definition) is 4. The minimum absolute atomic E-state index is 0.254. The summed E-state index contributed by atoms with van der Waals surface area (Å²) < 4.78 is 0. The van der Waals surface area contributed by atoms with E-state index < -0.39 is 29.2 Å². The van der Waals surface area contributed by atoms with Gasteiger partial charge in [0.05, 0.1) is 17.3 Å². The van der Waals surface area contributed by atoms with Gasteiger partial charge in [-0.3, -0.25) is 19.8 Å². The standard InChI is InChI=1S/C29H28N4O3/c1-17-19-11-5-6-12-20(19)21-13-7-10-16-24(21)33(28(17)36)32-26(34)18(2)30-27(35)25-29(3,4)22-14-8-9-15-23(22)31-25/h5-18H,1-4H3,(H,30,35)(H,32,34)/t17?,18-/m0/s1. The Labute approximate surface area is 210 Å². The van der Waals surface area contributed by atoms with Gasteiger partial charge in [0.15, 0.2) is 0 Å². The van der Waals surface area contributed by atoms with Crippen LogP contribution in [0, 0.1) is 0 Å². The number of rotatable bonds is 4. The van der Waals surface area contributed by atoms with Crippen LogP contribution in [-0.4, -0.2) is 29.5 Å². The van der Waals surface area contributed by atoms with E-state index >= 15 is 0 Å². The third-order valence-electron chi connectivity index (χ3n) is 7.03. The second-order valence-electron chi connectivity index (χ2n) is 9.77. The van der Waals surface area contributed by atoms with Crippen molar-refractivity contribution in [3.05, 3.63) is 83.9 Å². The van der Waals surface area contributed by atoms with Crippen molar-refractivity contribution in [2.75, 3.05) is 5.01 Å². The Balaban J connectivity index is 1.37. The van der Waals surface area contributed by atoms with E-state index in [0.29, 0.717) is 11.4 Å². The van der Waals surface area contributed by atoms with E-state index in [1.807, 2.05) is 87.5 Å². The number of amides is 3. The predicted molar refractivity (Wildman–Crippen MR) is 140 cm³/mol. The highest BCUT2D eigenvalue weighted by Gasteiger charge is 2.40. The summed E-state index contributed by atoms with van der Waals surface area (Å²) in [4.78, 5) is 44.4. The van der Waals surface area contributed by atoms with Crippen molar-refractivity contribution in [3.63, 3.8) is 0 Å². The van der Waals surface area contributed by atoms with Gasteiger partial charge >= 0.3 is 0 Å². The Morgan fingerprint density at radius 3 is 2.33 bits per heavy atom. The Kier molecular flexibility index (Phi) is 5.71. The summed E-state index contributed by atoms with van der Waals surface area (Å²) in [6.07, 6.45) is 0. The van der Waals surface area contributed by atoms with Crippen LogP contribution < -0.4 is 15.8 Å². The highest BCUT2D eigenvalue weighted by atomic mass is 16.2. The van der Waals surface area contributed by atoms with Gasteiger partial charge in [-0.15, -0.1) is 0 Å². The van der Waals surface area contributed by atoms with E-state index in [1.165, 1.54) is 5.01 Å². The summed E-state index contributed by atoms with van der Waals surface area (Å²) in [5, 5.41) is 4.07. The van der Waals surface area contributed by atoms with E-state index in [4.69, 9.17) is 0 Å². The maximum atomic E-state index is 13.5. The largest absolute Gasteiger partial charge is 0.339 e. The number of fused-ring (bicyclic) bond motifs is 4. The smallest absolute Gasteiger partial charge is 0.267 e. The number of nitrogens with one attached hydrogen (secondary N) is 2. The van der Waals surface area contributed by atoms with Crippen LogP contribution in [0.25, 0.3) is 11.1 Å². The van der Waals surface area contributed by atoms with Gasteiger partial charge in [0, 0.05) is 11.0 Å². The number of hydrogen-bond donors (Lipinski definition) is 2. The van der Waals surface area contributed by atoms with Gasteiger partial charge in [-0.25, -0.2) is 10.0 Å². The molecule has 7 nitrogen and oxygen atoms in total. The van der Waals surface area contributed by atoms with Crippen molar-refractivity contribution >= 4 is 34.8 Å². The second-order valence-corrected chi connectivity index (χ2v) is 9.77. The first-order valence-electron chi connectivity index (χ1n) is 12.0. The molecule has 2 heterocycles. The molecule has 3 aromatic carbocycles. The first kappa shape index (κ1) is 23.5. The zero-order valence-corrected chi connectivity index (χ0v) is 20.7. The van der Waals surface area contributed by atoms with Crippen LogP contribution in [0.2, 0.25) is 0 Å². The predicted octanol–water partition coefficient (Wildman–Crippen LogP) is 4.40. The second kappa shape index (κ2) is 8.75. The van der Waals surface area contributed by atoms with Crippen LogP contribution in [0.1, 0.15) is 44.7 Å². The van der Waals surface area contributed by atoms with Gasteiger partial charge in [-0.1, -0.05) is 60.7 Å². The Hall–Kier alpha value is -4.26. The molecule has 2 atom stereocenters. The summed E-state index contributed by atoms with van der Waals surface area (Å²) in [5.41, 5.74) is 7.52. The molecule has 5 rings (SSSR count). The van der Waals surface area contributed by atoms with Crippen molar-refractivity contribution in [1.82, 2.24) is 10.7 Å². The summed E-state index contributed by atoms with van der Waals surface area (Å²) in [5.74, 6) is -1.64. The molecule has 36 heavy (non-hydrogen) atoms. The van der Waals surface area contributed by atoms with Crippen LogP contribution in [0.3, 0.4) is 0 Å². The molecule has 2 aliphatic heterocycles. The lowest BCUT2D eigenvalue weighted by Crippen LogP contribution is -2.55. The monoisotopic (exact) mass is 480 g/mol.